The Labute approximate surface area is 213 Å². The van der Waals surface area contributed by atoms with Crippen molar-refractivity contribution in [2.45, 2.75) is 69.4 Å². The fourth-order valence-corrected chi connectivity index (χ4v) is 7.78. The molecule has 3 aromatic rings. The third-order valence-corrected chi connectivity index (χ3v) is 9.40. The molecule has 4 nitrogen and oxygen atoms in total. The third-order valence-electron chi connectivity index (χ3n) is 9.40. The zero-order chi connectivity index (χ0) is 24.9. The third kappa shape index (κ3) is 3.87. The molecule has 1 amide bonds. The molecule has 1 aliphatic heterocycles. The SMILES string of the molecule is CN(C)C(c1cccc(F)c1)C1CCC2(CC1)c1[nH]c3ccccc3c1CCN2C(=O)C1CCCC1. The van der Waals surface area contributed by atoms with Gasteiger partial charge in [-0.25, -0.2) is 4.39 Å². The van der Waals surface area contributed by atoms with Crippen molar-refractivity contribution in [1.82, 2.24) is 14.8 Å². The number of hydrogen-bond donors (Lipinski definition) is 1. The van der Waals surface area contributed by atoms with Crippen molar-refractivity contribution in [1.29, 1.82) is 0 Å². The summed E-state index contributed by atoms with van der Waals surface area (Å²) in [5.41, 5.74) is 4.67. The standard InChI is InChI=1S/C31H38FN3O/c1-34(2)28(23-10-7-11-24(32)20-23)21-14-17-31(18-15-21)29-26(25-12-5-6-13-27(25)33-29)16-19-35(31)30(36)22-8-3-4-9-22/h5-7,10-13,20-22,28,33H,3-4,8-9,14-19H2,1-2H3. The monoisotopic (exact) mass is 487 g/mol. The minimum absolute atomic E-state index is 0.169. The smallest absolute Gasteiger partial charge is 0.226 e. The van der Waals surface area contributed by atoms with Crippen LogP contribution in [0.1, 0.15) is 74.2 Å². The highest BCUT2D eigenvalue weighted by Gasteiger charge is 2.50. The van der Waals surface area contributed by atoms with Gasteiger partial charge in [0.25, 0.3) is 0 Å². The Balaban J connectivity index is 1.36. The molecule has 5 heteroatoms. The first-order valence-corrected chi connectivity index (χ1v) is 13.8. The van der Waals surface area contributed by atoms with E-state index >= 15 is 0 Å². The largest absolute Gasteiger partial charge is 0.356 e. The summed E-state index contributed by atoms with van der Waals surface area (Å²) in [6.07, 6.45) is 9.29. The molecule has 2 saturated carbocycles. The van der Waals surface area contributed by atoms with Gasteiger partial charge in [-0.15, -0.1) is 0 Å². The van der Waals surface area contributed by atoms with Crippen LogP contribution in [0.5, 0.6) is 0 Å². The summed E-state index contributed by atoms with van der Waals surface area (Å²) in [6.45, 7) is 0.815. The lowest BCUT2D eigenvalue weighted by Gasteiger charge is -2.52. The molecule has 2 aromatic carbocycles. The van der Waals surface area contributed by atoms with Gasteiger partial charge in [-0.05, 0) is 94.3 Å². The molecule has 2 aliphatic carbocycles. The van der Waals surface area contributed by atoms with Crippen molar-refractivity contribution >= 4 is 16.8 Å². The Bertz CT molecular complexity index is 1250. The maximum absolute atomic E-state index is 14.1. The van der Waals surface area contributed by atoms with Crippen LogP contribution in [-0.2, 0) is 16.8 Å². The van der Waals surface area contributed by atoms with Crippen molar-refractivity contribution < 1.29 is 9.18 Å². The second kappa shape index (κ2) is 9.33. The normalized spacial score (nSPS) is 25.6. The van der Waals surface area contributed by atoms with E-state index in [4.69, 9.17) is 0 Å². The number of carbonyl (C=O) groups excluding carboxylic acids is 1. The molecule has 1 spiro atoms. The molecule has 3 aliphatic rings. The summed E-state index contributed by atoms with van der Waals surface area (Å²) in [5, 5.41) is 1.31. The fraction of sp³-hybridized carbons (Fsp3) is 0.516. The molecule has 1 aromatic heterocycles. The highest BCUT2D eigenvalue weighted by Crippen LogP contribution is 2.52. The van der Waals surface area contributed by atoms with Crippen molar-refractivity contribution in [2.24, 2.45) is 11.8 Å². The van der Waals surface area contributed by atoms with Crippen molar-refractivity contribution in [3.05, 3.63) is 71.2 Å². The lowest BCUT2D eigenvalue weighted by atomic mass is 9.68. The Morgan fingerprint density at radius 2 is 1.81 bits per heavy atom. The molecular weight excluding hydrogens is 449 g/mol. The number of aromatic nitrogens is 1. The van der Waals surface area contributed by atoms with Crippen LogP contribution in [0.25, 0.3) is 10.9 Å². The van der Waals surface area contributed by atoms with E-state index < -0.39 is 0 Å². The molecule has 6 rings (SSSR count). The molecule has 2 fully saturated rings. The summed E-state index contributed by atoms with van der Waals surface area (Å²) in [7, 11) is 4.21. The van der Waals surface area contributed by atoms with Crippen LogP contribution in [0.4, 0.5) is 4.39 Å². The minimum atomic E-state index is -0.262. The van der Waals surface area contributed by atoms with E-state index in [0.29, 0.717) is 11.8 Å². The number of para-hydroxylation sites is 1. The molecule has 1 unspecified atom stereocenters. The van der Waals surface area contributed by atoms with E-state index in [1.54, 1.807) is 6.07 Å². The molecule has 1 atom stereocenters. The first-order chi connectivity index (χ1) is 17.5. The Hall–Kier alpha value is -2.66. The maximum atomic E-state index is 14.1. The highest BCUT2D eigenvalue weighted by atomic mass is 19.1. The zero-order valence-corrected chi connectivity index (χ0v) is 21.6. The number of amides is 1. The van der Waals surface area contributed by atoms with Crippen LogP contribution in [0, 0.1) is 17.7 Å². The van der Waals surface area contributed by atoms with Gasteiger partial charge in [-0.3, -0.25) is 4.79 Å². The number of halogens is 1. The van der Waals surface area contributed by atoms with E-state index in [1.165, 1.54) is 41.1 Å². The number of carbonyl (C=O) groups is 1. The Morgan fingerprint density at radius 1 is 1.06 bits per heavy atom. The number of benzene rings is 2. The van der Waals surface area contributed by atoms with Crippen LogP contribution in [0.2, 0.25) is 0 Å². The number of fused-ring (bicyclic) bond motifs is 4. The second-order valence-corrected chi connectivity index (χ2v) is 11.6. The first kappa shape index (κ1) is 23.7. The maximum Gasteiger partial charge on any atom is 0.226 e. The Morgan fingerprint density at radius 3 is 2.53 bits per heavy atom. The fourth-order valence-electron chi connectivity index (χ4n) is 7.78. The van der Waals surface area contributed by atoms with Gasteiger partial charge < -0.3 is 14.8 Å². The van der Waals surface area contributed by atoms with E-state index in [1.807, 2.05) is 6.07 Å². The van der Waals surface area contributed by atoms with Crippen LogP contribution in [-0.4, -0.2) is 41.3 Å². The summed E-state index contributed by atoms with van der Waals surface area (Å²) in [4.78, 5) is 22.3. The highest BCUT2D eigenvalue weighted by molar-refractivity contribution is 5.87. The van der Waals surface area contributed by atoms with Gasteiger partial charge in [0.05, 0.1) is 5.54 Å². The number of hydrogen-bond acceptors (Lipinski definition) is 2. The zero-order valence-electron chi connectivity index (χ0n) is 21.6. The minimum Gasteiger partial charge on any atom is -0.356 e. The predicted molar refractivity (Wildman–Crippen MR) is 142 cm³/mol. The summed E-state index contributed by atoms with van der Waals surface area (Å²) < 4.78 is 14.1. The van der Waals surface area contributed by atoms with Gasteiger partial charge in [-0.1, -0.05) is 43.2 Å². The van der Waals surface area contributed by atoms with Gasteiger partial charge >= 0.3 is 0 Å². The van der Waals surface area contributed by atoms with Crippen LogP contribution < -0.4 is 0 Å². The lowest BCUT2D eigenvalue weighted by molar-refractivity contribution is -0.146. The molecule has 2 heterocycles. The Kier molecular flexibility index (Phi) is 6.15. The van der Waals surface area contributed by atoms with Crippen molar-refractivity contribution in [2.75, 3.05) is 20.6 Å². The number of nitrogens with zero attached hydrogens (tertiary/aromatic N) is 2. The van der Waals surface area contributed by atoms with E-state index in [0.717, 1.165) is 57.1 Å². The van der Waals surface area contributed by atoms with E-state index in [9.17, 15) is 9.18 Å². The van der Waals surface area contributed by atoms with Gasteiger partial charge in [0, 0.05) is 35.1 Å². The molecule has 0 saturated heterocycles. The summed E-state index contributed by atoms with van der Waals surface area (Å²) in [6, 6.07) is 15.9. The lowest BCUT2D eigenvalue weighted by Crippen LogP contribution is -2.56. The molecule has 190 valence electrons. The van der Waals surface area contributed by atoms with Crippen LogP contribution in [0.3, 0.4) is 0 Å². The van der Waals surface area contributed by atoms with Gasteiger partial charge in [0.2, 0.25) is 5.91 Å². The van der Waals surface area contributed by atoms with Gasteiger partial charge in [0.1, 0.15) is 5.82 Å². The van der Waals surface area contributed by atoms with E-state index in [2.05, 4.69) is 59.2 Å². The number of H-pyrrole nitrogens is 1. The summed E-state index contributed by atoms with van der Waals surface area (Å²) >= 11 is 0. The average Bonchev–Trinajstić information content (AvgIpc) is 3.54. The molecule has 0 radical (unpaired) electrons. The molecular formula is C31H38FN3O. The first-order valence-electron chi connectivity index (χ1n) is 13.8. The molecule has 0 bridgehead atoms. The van der Waals surface area contributed by atoms with Gasteiger partial charge in [0.15, 0.2) is 0 Å². The molecule has 36 heavy (non-hydrogen) atoms. The molecule has 1 N–H and O–H groups in total. The average molecular weight is 488 g/mol. The van der Waals surface area contributed by atoms with Crippen LogP contribution in [0.15, 0.2) is 48.5 Å². The van der Waals surface area contributed by atoms with Gasteiger partial charge in [-0.2, -0.15) is 0 Å². The van der Waals surface area contributed by atoms with Crippen molar-refractivity contribution in [3.63, 3.8) is 0 Å². The number of rotatable bonds is 4. The second-order valence-electron chi connectivity index (χ2n) is 11.6. The van der Waals surface area contributed by atoms with E-state index in [-0.39, 0.29) is 23.3 Å². The van der Waals surface area contributed by atoms with Crippen molar-refractivity contribution in [3.8, 4) is 0 Å². The number of aromatic amines is 1. The topological polar surface area (TPSA) is 39.3 Å². The quantitative estimate of drug-likeness (QED) is 0.452. The summed E-state index contributed by atoms with van der Waals surface area (Å²) in [5.74, 6) is 0.817. The number of nitrogens with one attached hydrogen (secondary N) is 1. The van der Waals surface area contributed by atoms with Crippen LogP contribution >= 0.6 is 0 Å². The predicted octanol–water partition coefficient (Wildman–Crippen LogP) is 6.57.